The van der Waals surface area contributed by atoms with Gasteiger partial charge in [0.25, 0.3) is 0 Å². The van der Waals surface area contributed by atoms with Crippen LogP contribution in [0.2, 0.25) is 0 Å². The van der Waals surface area contributed by atoms with Crippen LogP contribution in [0.5, 0.6) is 0 Å². The molecule has 0 aliphatic heterocycles. The minimum absolute atomic E-state index is 0.196. The van der Waals surface area contributed by atoms with Gasteiger partial charge in [-0.25, -0.2) is 15.0 Å². The largest absolute Gasteiger partial charge is 0.208 e. The van der Waals surface area contributed by atoms with Crippen LogP contribution in [0.25, 0.3) is 89.4 Å². The van der Waals surface area contributed by atoms with Crippen LogP contribution in [0.15, 0.2) is 182 Å². The molecule has 268 valence electrons. The minimum Gasteiger partial charge on any atom is -0.208 e. The van der Waals surface area contributed by atoms with Gasteiger partial charge in [-0.15, -0.1) is 0 Å². The summed E-state index contributed by atoms with van der Waals surface area (Å²) in [5.74, 6) is 1.92. The number of rotatable bonds is 6. The zero-order valence-electron chi connectivity index (χ0n) is 31.6. The first kappa shape index (κ1) is 34.0. The summed E-state index contributed by atoms with van der Waals surface area (Å²) in [6.07, 6.45) is 0. The van der Waals surface area contributed by atoms with Crippen LogP contribution < -0.4 is 0 Å². The lowest BCUT2D eigenvalue weighted by molar-refractivity contribution is 0.660. The third-order valence-corrected chi connectivity index (χ3v) is 11.4. The molecule has 1 heterocycles. The molecule has 0 atom stereocenters. The van der Waals surface area contributed by atoms with Gasteiger partial charge in [0, 0.05) is 22.1 Å². The Balaban J connectivity index is 1.05. The average Bonchev–Trinajstić information content (AvgIpc) is 3.51. The second kappa shape index (κ2) is 13.7. The van der Waals surface area contributed by atoms with Gasteiger partial charge in [0.15, 0.2) is 17.5 Å². The quantitative estimate of drug-likeness (QED) is 0.171. The summed E-state index contributed by atoms with van der Waals surface area (Å²) in [7, 11) is 0. The van der Waals surface area contributed by atoms with Crippen molar-refractivity contribution >= 4 is 10.8 Å². The van der Waals surface area contributed by atoms with Gasteiger partial charge < -0.3 is 0 Å². The van der Waals surface area contributed by atoms with Crippen LogP contribution >= 0.6 is 0 Å². The van der Waals surface area contributed by atoms with Crippen molar-refractivity contribution < 1.29 is 0 Å². The highest BCUT2D eigenvalue weighted by Crippen LogP contribution is 2.52. The van der Waals surface area contributed by atoms with Crippen molar-refractivity contribution in [3.63, 3.8) is 0 Å². The van der Waals surface area contributed by atoms with Gasteiger partial charge in [0.1, 0.15) is 0 Å². The standard InChI is InChI=1S/C53H36N4/c1-53(2)46-19-11-18-43(49(46)45-30-20-34(33-54)32-47(45)53)36-21-25-38(26-22-36)48-42-17-10-9-12-35(42)29-31-44(48)37-23-27-41(28-24-37)52-56-50(39-13-5-3-6-14-39)55-51(57-52)40-15-7-4-8-16-40/h3-32H,1-2H3. The van der Waals surface area contributed by atoms with Crippen molar-refractivity contribution in [1.29, 1.82) is 5.26 Å². The number of hydrogen-bond donors (Lipinski definition) is 0. The summed E-state index contributed by atoms with van der Waals surface area (Å²) in [5, 5.41) is 12.1. The highest BCUT2D eigenvalue weighted by molar-refractivity contribution is 6.04. The lowest BCUT2D eigenvalue weighted by Gasteiger charge is -2.21. The number of hydrogen-bond acceptors (Lipinski definition) is 4. The van der Waals surface area contributed by atoms with E-state index in [1.165, 1.54) is 44.2 Å². The van der Waals surface area contributed by atoms with Gasteiger partial charge in [0.05, 0.1) is 11.6 Å². The summed E-state index contributed by atoms with van der Waals surface area (Å²) in [6, 6.07) is 65.9. The molecule has 1 aliphatic carbocycles. The van der Waals surface area contributed by atoms with Crippen molar-refractivity contribution in [3.8, 4) is 84.7 Å². The molecule has 0 fully saturated rings. The van der Waals surface area contributed by atoms with E-state index in [1.54, 1.807) is 0 Å². The molecule has 0 saturated carbocycles. The topological polar surface area (TPSA) is 62.5 Å². The minimum atomic E-state index is -0.196. The third kappa shape index (κ3) is 5.89. The molecule has 0 spiro atoms. The highest BCUT2D eigenvalue weighted by atomic mass is 15.0. The zero-order chi connectivity index (χ0) is 38.5. The maximum atomic E-state index is 9.66. The smallest absolute Gasteiger partial charge is 0.164 e. The van der Waals surface area contributed by atoms with Crippen molar-refractivity contribution in [1.82, 2.24) is 15.0 Å². The van der Waals surface area contributed by atoms with Crippen molar-refractivity contribution in [2.45, 2.75) is 19.3 Å². The zero-order valence-corrected chi connectivity index (χ0v) is 31.6. The van der Waals surface area contributed by atoms with Crippen LogP contribution in [0.3, 0.4) is 0 Å². The molecule has 0 saturated heterocycles. The summed E-state index contributed by atoms with van der Waals surface area (Å²) >= 11 is 0. The summed E-state index contributed by atoms with van der Waals surface area (Å²) in [4.78, 5) is 14.8. The number of fused-ring (bicyclic) bond motifs is 4. The lowest BCUT2D eigenvalue weighted by Crippen LogP contribution is -2.15. The normalized spacial score (nSPS) is 12.5. The van der Waals surface area contributed by atoms with Gasteiger partial charge in [-0.1, -0.05) is 184 Å². The predicted octanol–water partition coefficient (Wildman–Crippen LogP) is 13.2. The van der Waals surface area contributed by atoms with E-state index in [0.717, 1.165) is 38.9 Å². The first-order valence-corrected chi connectivity index (χ1v) is 19.2. The van der Waals surface area contributed by atoms with E-state index < -0.39 is 0 Å². The molecule has 57 heavy (non-hydrogen) atoms. The van der Waals surface area contributed by atoms with Crippen LogP contribution in [0, 0.1) is 11.3 Å². The first-order chi connectivity index (χ1) is 28.0. The van der Waals surface area contributed by atoms with Crippen LogP contribution in [0.1, 0.15) is 30.5 Å². The fourth-order valence-electron chi connectivity index (χ4n) is 8.47. The second-order valence-electron chi connectivity index (χ2n) is 15.1. The second-order valence-corrected chi connectivity index (χ2v) is 15.1. The third-order valence-electron chi connectivity index (χ3n) is 11.4. The molecule has 4 heteroatoms. The van der Waals surface area contributed by atoms with E-state index in [1.807, 2.05) is 66.7 Å². The molecular weight excluding hydrogens is 693 g/mol. The summed E-state index contributed by atoms with van der Waals surface area (Å²) in [6.45, 7) is 4.52. The number of nitrogens with zero attached hydrogens (tertiary/aromatic N) is 4. The van der Waals surface area contributed by atoms with E-state index in [0.29, 0.717) is 23.0 Å². The molecule has 4 nitrogen and oxygen atoms in total. The lowest BCUT2D eigenvalue weighted by atomic mass is 9.81. The Hall–Kier alpha value is -7.48. The highest BCUT2D eigenvalue weighted by Gasteiger charge is 2.37. The van der Waals surface area contributed by atoms with Crippen LogP contribution in [-0.4, -0.2) is 15.0 Å². The predicted molar refractivity (Wildman–Crippen MR) is 232 cm³/mol. The Morgan fingerprint density at radius 3 is 1.53 bits per heavy atom. The fraction of sp³-hybridized carbons (Fsp3) is 0.0566. The molecule has 0 unspecified atom stereocenters. The monoisotopic (exact) mass is 728 g/mol. The van der Waals surface area contributed by atoms with E-state index in [2.05, 4.69) is 135 Å². The SMILES string of the molecule is CC1(C)c2cc(C#N)ccc2-c2c(-c3ccc(-c4c(-c5ccc(-c6nc(-c7ccccc7)nc(-c7ccccc7)n6)cc5)ccc5ccccc45)cc3)cccc21. The van der Waals surface area contributed by atoms with Gasteiger partial charge in [-0.2, -0.15) is 5.26 Å². The molecule has 0 bridgehead atoms. The Morgan fingerprint density at radius 2 is 0.912 bits per heavy atom. The molecular formula is C53H36N4. The molecule has 0 N–H and O–H groups in total. The molecule has 9 aromatic rings. The molecule has 0 amide bonds. The number of aromatic nitrogens is 3. The molecule has 1 aromatic heterocycles. The number of benzene rings is 8. The molecule has 1 aliphatic rings. The van der Waals surface area contributed by atoms with Crippen molar-refractivity contribution in [2.75, 3.05) is 0 Å². The van der Waals surface area contributed by atoms with E-state index in [9.17, 15) is 5.26 Å². The van der Waals surface area contributed by atoms with E-state index in [4.69, 9.17) is 15.0 Å². The van der Waals surface area contributed by atoms with Gasteiger partial charge in [-0.3, -0.25) is 0 Å². The van der Waals surface area contributed by atoms with Gasteiger partial charge in [-0.05, 0) is 78.5 Å². The van der Waals surface area contributed by atoms with Crippen LogP contribution in [0.4, 0.5) is 0 Å². The molecule has 10 rings (SSSR count). The maximum absolute atomic E-state index is 9.66. The maximum Gasteiger partial charge on any atom is 0.164 e. The Morgan fingerprint density at radius 1 is 0.404 bits per heavy atom. The van der Waals surface area contributed by atoms with Crippen molar-refractivity contribution in [3.05, 3.63) is 199 Å². The average molecular weight is 729 g/mol. The molecule has 0 radical (unpaired) electrons. The van der Waals surface area contributed by atoms with Crippen LogP contribution in [-0.2, 0) is 5.41 Å². The van der Waals surface area contributed by atoms with E-state index >= 15 is 0 Å². The van der Waals surface area contributed by atoms with Gasteiger partial charge >= 0.3 is 0 Å². The Bertz CT molecular complexity index is 2960. The Kier molecular flexibility index (Phi) is 8.17. The van der Waals surface area contributed by atoms with E-state index in [-0.39, 0.29) is 5.41 Å². The summed E-state index contributed by atoms with van der Waals surface area (Å²) in [5.41, 5.74) is 15.2. The van der Waals surface area contributed by atoms with Gasteiger partial charge in [0.2, 0.25) is 0 Å². The summed E-state index contributed by atoms with van der Waals surface area (Å²) < 4.78 is 0. The fourth-order valence-corrected chi connectivity index (χ4v) is 8.47. The van der Waals surface area contributed by atoms with Crippen molar-refractivity contribution in [2.24, 2.45) is 0 Å². The Labute approximate surface area is 332 Å². The first-order valence-electron chi connectivity index (χ1n) is 19.2. The molecule has 8 aromatic carbocycles. The number of nitriles is 1.